The highest BCUT2D eigenvalue weighted by molar-refractivity contribution is 5.20. The van der Waals surface area contributed by atoms with Gasteiger partial charge in [-0.1, -0.05) is 13.3 Å². The number of nitrogens with zero attached hydrogens (tertiary/aromatic N) is 3. The topological polar surface area (TPSA) is 83.2 Å². The lowest BCUT2D eigenvalue weighted by atomic mass is 9.88. The van der Waals surface area contributed by atoms with Crippen molar-refractivity contribution >= 4 is 5.95 Å². The third-order valence-electron chi connectivity index (χ3n) is 3.24. The van der Waals surface area contributed by atoms with Crippen LogP contribution in [0.25, 0.3) is 0 Å². The number of anilines is 1. The third kappa shape index (κ3) is 3.94. The Morgan fingerprint density at radius 3 is 2.47 bits per heavy atom. The Labute approximate surface area is 113 Å². The van der Waals surface area contributed by atoms with Crippen molar-refractivity contribution in [3.8, 4) is 12.0 Å². The van der Waals surface area contributed by atoms with Crippen LogP contribution in [0.5, 0.6) is 12.0 Å². The second kappa shape index (κ2) is 6.04. The Morgan fingerprint density at radius 2 is 1.79 bits per heavy atom. The van der Waals surface area contributed by atoms with Crippen LogP contribution in [-0.2, 0) is 0 Å². The van der Waals surface area contributed by atoms with Gasteiger partial charge >= 0.3 is 12.0 Å². The first-order chi connectivity index (χ1) is 9.04. The summed E-state index contributed by atoms with van der Waals surface area (Å²) in [6.07, 6.45) is 4.81. The van der Waals surface area contributed by atoms with Crippen LogP contribution in [0.15, 0.2) is 0 Å². The fourth-order valence-electron chi connectivity index (χ4n) is 2.26. The molecule has 1 heterocycles. The lowest BCUT2D eigenvalue weighted by molar-refractivity contribution is 0.0901. The molecule has 1 aromatic rings. The predicted molar refractivity (Wildman–Crippen MR) is 72.1 cm³/mol. The van der Waals surface area contributed by atoms with E-state index in [2.05, 4.69) is 21.9 Å². The van der Waals surface area contributed by atoms with E-state index in [1.807, 2.05) is 13.8 Å². The normalized spacial score (nSPS) is 23.4. The minimum absolute atomic E-state index is 0.0109. The van der Waals surface area contributed by atoms with E-state index in [0.29, 0.717) is 5.92 Å². The molecule has 0 aliphatic heterocycles. The highest BCUT2D eigenvalue weighted by Gasteiger charge is 2.24. The van der Waals surface area contributed by atoms with Crippen LogP contribution in [0, 0.1) is 5.92 Å². The molecule has 0 radical (unpaired) electrons. The summed E-state index contributed by atoms with van der Waals surface area (Å²) in [7, 11) is 0. The van der Waals surface area contributed by atoms with E-state index < -0.39 is 0 Å². The summed E-state index contributed by atoms with van der Waals surface area (Å²) in [6, 6.07) is 0.489. The molecule has 1 aliphatic carbocycles. The highest BCUT2D eigenvalue weighted by Crippen LogP contribution is 2.27. The van der Waals surface area contributed by atoms with Gasteiger partial charge in [0.2, 0.25) is 5.95 Å². The Balaban J connectivity index is 2.08. The average Bonchev–Trinajstić information content (AvgIpc) is 2.30. The SMILES string of the molecule is CC(C)Oc1nc(N)nc(OC2CCCCC2C)n1. The van der Waals surface area contributed by atoms with Gasteiger partial charge in [-0.2, -0.15) is 9.97 Å². The van der Waals surface area contributed by atoms with Crippen molar-refractivity contribution in [3.63, 3.8) is 0 Å². The van der Waals surface area contributed by atoms with Gasteiger partial charge in [-0.3, -0.25) is 0 Å². The van der Waals surface area contributed by atoms with Crippen molar-refractivity contribution in [2.75, 3.05) is 5.73 Å². The zero-order chi connectivity index (χ0) is 13.8. The van der Waals surface area contributed by atoms with E-state index in [-0.39, 0.29) is 30.2 Å². The first-order valence-electron chi connectivity index (χ1n) is 6.89. The fourth-order valence-corrected chi connectivity index (χ4v) is 2.26. The van der Waals surface area contributed by atoms with E-state index >= 15 is 0 Å². The lowest BCUT2D eigenvalue weighted by Gasteiger charge is -2.28. The summed E-state index contributed by atoms with van der Waals surface area (Å²) < 4.78 is 11.3. The van der Waals surface area contributed by atoms with Crippen LogP contribution in [0.3, 0.4) is 0 Å². The molecule has 0 spiro atoms. The predicted octanol–water partition coefficient (Wildman–Crippen LogP) is 2.20. The lowest BCUT2D eigenvalue weighted by Crippen LogP contribution is -2.29. The number of hydrogen-bond donors (Lipinski definition) is 1. The van der Waals surface area contributed by atoms with Crippen molar-refractivity contribution in [1.29, 1.82) is 0 Å². The molecule has 0 bridgehead atoms. The molecule has 0 aromatic carbocycles. The molecular formula is C13H22N4O2. The van der Waals surface area contributed by atoms with Gasteiger partial charge in [-0.05, 0) is 39.0 Å². The minimum atomic E-state index is -0.0109. The average molecular weight is 266 g/mol. The van der Waals surface area contributed by atoms with Gasteiger partial charge in [0.05, 0.1) is 6.10 Å². The summed E-state index contributed by atoms with van der Waals surface area (Å²) in [5, 5.41) is 0. The molecule has 0 amide bonds. The van der Waals surface area contributed by atoms with Gasteiger partial charge < -0.3 is 15.2 Å². The van der Waals surface area contributed by atoms with Gasteiger partial charge in [-0.15, -0.1) is 4.98 Å². The van der Waals surface area contributed by atoms with Gasteiger partial charge in [0.25, 0.3) is 0 Å². The summed E-state index contributed by atoms with van der Waals surface area (Å²) in [6.45, 7) is 6.01. The maximum absolute atomic E-state index is 5.85. The number of aromatic nitrogens is 3. The minimum Gasteiger partial charge on any atom is -0.461 e. The van der Waals surface area contributed by atoms with Crippen LogP contribution in [0.2, 0.25) is 0 Å². The van der Waals surface area contributed by atoms with Crippen molar-refractivity contribution in [1.82, 2.24) is 15.0 Å². The molecule has 1 fully saturated rings. The Kier molecular flexibility index (Phi) is 4.39. The molecule has 19 heavy (non-hydrogen) atoms. The van der Waals surface area contributed by atoms with Crippen LogP contribution in [-0.4, -0.2) is 27.2 Å². The molecule has 2 atom stereocenters. The van der Waals surface area contributed by atoms with Gasteiger partial charge in [0.15, 0.2) is 0 Å². The van der Waals surface area contributed by atoms with Gasteiger partial charge in [0.1, 0.15) is 6.10 Å². The summed E-state index contributed by atoms with van der Waals surface area (Å²) in [5.74, 6) is 0.644. The number of nitrogens with two attached hydrogens (primary N) is 1. The van der Waals surface area contributed by atoms with Gasteiger partial charge in [0, 0.05) is 0 Å². The second-order valence-electron chi connectivity index (χ2n) is 5.34. The van der Waals surface area contributed by atoms with E-state index in [9.17, 15) is 0 Å². The molecule has 1 saturated carbocycles. The summed E-state index contributed by atoms with van der Waals surface area (Å²) in [4.78, 5) is 12.1. The van der Waals surface area contributed by atoms with Crippen molar-refractivity contribution in [2.45, 2.75) is 58.7 Å². The molecule has 1 aliphatic rings. The van der Waals surface area contributed by atoms with Crippen LogP contribution in [0.1, 0.15) is 46.5 Å². The first-order valence-corrected chi connectivity index (χ1v) is 6.89. The molecule has 6 heteroatoms. The third-order valence-corrected chi connectivity index (χ3v) is 3.24. The molecule has 2 rings (SSSR count). The molecular weight excluding hydrogens is 244 g/mol. The monoisotopic (exact) mass is 266 g/mol. The largest absolute Gasteiger partial charge is 0.461 e. The zero-order valence-corrected chi connectivity index (χ0v) is 11.8. The second-order valence-corrected chi connectivity index (χ2v) is 5.34. The van der Waals surface area contributed by atoms with E-state index in [4.69, 9.17) is 15.2 Å². The van der Waals surface area contributed by atoms with Crippen molar-refractivity contribution < 1.29 is 9.47 Å². The number of hydrogen-bond acceptors (Lipinski definition) is 6. The smallest absolute Gasteiger partial charge is 0.324 e. The van der Waals surface area contributed by atoms with Crippen molar-refractivity contribution in [2.24, 2.45) is 5.92 Å². The fraction of sp³-hybridized carbons (Fsp3) is 0.769. The maximum Gasteiger partial charge on any atom is 0.324 e. The first kappa shape index (κ1) is 13.8. The van der Waals surface area contributed by atoms with Crippen molar-refractivity contribution in [3.05, 3.63) is 0 Å². The van der Waals surface area contributed by atoms with Gasteiger partial charge in [-0.25, -0.2) is 0 Å². The number of ether oxygens (including phenoxy) is 2. The Bertz CT molecular complexity index is 425. The Morgan fingerprint density at radius 1 is 1.11 bits per heavy atom. The molecule has 106 valence electrons. The van der Waals surface area contributed by atoms with E-state index in [0.717, 1.165) is 6.42 Å². The molecule has 2 N–H and O–H groups in total. The van der Waals surface area contributed by atoms with Crippen LogP contribution in [0.4, 0.5) is 5.95 Å². The molecule has 1 aromatic heterocycles. The standard InChI is InChI=1S/C13H22N4O2/c1-8(2)18-12-15-11(14)16-13(17-12)19-10-7-5-4-6-9(10)3/h8-10H,4-7H2,1-3H3,(H2,14,15,16,17). The quantitative estimate of drug-likeness (QED) is 0.899. The Hall–Kier alpha value is -1.59. The van der Waals surface area contributed by atoms with Crippen LogP contribution < -0.4 is 15.2 Å². The molecule has 0 saturated heterocycles. The molecule has 6 nitrogen and oxygen atoms in total. The van der Waals surface area contributed by atoms with Crippen LogP contribution >= 0.6 is 0 Å². The van der Waals surface area contributed by atoms with E-state index in [1.54, 1.807) is 0 Å². The highest BCUT2D eigenvalue weighted by atomic mass is 16.5. The summed E-state index contributed by atoms with van der Waals surface area (Å²) >= 11 is 0. The van der Waals surface area contributed by atoms with E-state index in [1.165, 1.54) is 19.3 Å². The summed E-state index contributed by atoms with van der Waals surface area (Å²) in [5.41, 5.74) is 5.65. The zero-order valence-electron chi connectivity index (χ0n) is 11.8. The maximum atomic E-state index is 5.85. The molecule has 2 unspecified atom stereocenters. The number of rotatable bonds is 4. The number of nitrogen functional groups attached to an aromatic ring is 1.